The second-order valence-corrected chi connectivity index (χ2v) is 5.73. The third kappa shape index (κ3) is 3.16. The van der Waals surface area contributed by atoms with E-state index in [1.54, 1.807) is 18.4 Å². The SMILES string of the molecule is CNc1nc(N(C)CC(=O)NC(C)C)c2ccsc2n1. The number of likely N-dealkylation sites (N-methyl/N-ethyl adjacent to an activating group) is 1. The number of hydrogen-bond acceptors (Lipinski definition) is 6. The van der Waals surface area contributed by atoms with Gasteiger partial charge < -0.3 is 15.5 Å². The lowest BCUT2D eigenvalue weighted by Crippen LogP contribution is -2.38. The van der Waals surface area contributed by atoms with Crippen molar-refractivity contribution in [2.24, 2.45) is 0 Å². The highest BCUT2D eigenvalue weighted by atomic mass is 32.1. The molecule has 0 atom stereocenters. The molecule has 0 unspecified atom stereocenters. The summed E-state index contributed by atoms with van der Waals surface area (Å²) in [6.45, 7) is 4.15. The number of thiophene rings is 1. The van der Waals surface area contributed by atoms with Crippen LogP contribution in [0.4, 0.5) is 11.8 Å². The Balaban J connectivity index is 2.26. The molecule has 2 rings (SSSR count). The molecule has 2 aromatic rings. The Morgan fingerprint density at radius 1 is 1.45 bits per heavy atom. The molecule has 2 heterocycles. The Kier molecular flexibility index (Phi) is 4.39. The van der Waals surface area contributed by atoms with Crippen LogP contribution in [0.5, 0.6) is 0 Å². The van der Waals surface area contributed by atoms with E-state index in [0.29, 0.717) is 5.95 Å². The molecule has 6 nitrogen and oxygen atoms in total. The van der Waals surface area contributed by atoms with E-state index in [1.807, 2.05) is 37.2 Å². The molecule has 1 amide bonds. The predicted molar refractivity (Wildman–Crippen MR) is 83.5 cm³/mol. The van der Waals surface area contributed by atoms with E-state index in [0.717, 1.165) is 16.0 Å². The van der Waals surface area contributed by atoms with Crippen molar-refractivity contribution in [2.75, 3.05) is 30.9 Å². The summed E-state index contributed by atoms with van der Waals surface area (Å²) in [6.07, 6.45) is 0. The lowest BCUT2D eigenvalue weighted by atomic mass is 10.3. The van der Waals surface area contributed by atoms with E-state index < -0.39 is 0 Å². The largest absolute Gasteiger partial charge is 0.357 e. The Labute approximate surface area is 122 Å². The third-order valence-corrected chi connectivity index (χ3v) is 3.53. The van der Waals surface area contributed by atoms with Crippen LogP contribution in [0.2, 0.25) is 0 Å². The van der Waals surface area contributed by atoms with E-state index in [2.05, 4.69) is 20.6 Å². The predicted octanol–water partition coefficient (Wildman–Crippen LogP) is 1.69. The molecule has 0 saturated heterocycles. The number of carbonyl (C=O) groups is 1. The summed E-state index contributed by atoms with van der Waals surface area (Å²) in [5, 5.41) is 8.77. The molecule has 0 aromatic carbocycles. The fraction of sp³-hybridized carbons (Fsp3) is 0.462. The zero-order valence-corrected chi connectivity index (χ0v) is 12.9. The van der Waals surface area contributed by atoms with Crippen LogP contribution in [0.1, 0.15) is 13.8 Å². The molecule has 0 bridgehead atoms. The standard InChI is InChI=1S/C13H19N5OS/c1-8(2)15-10(19)7-18(4)11-9-5-6-20-12(9)17-13(14-3)16-11/h5-6,8H,7H2,1-4H3,(H,15,19)(H,14,16,17). The molecule has 0 aliphatic rings. The fourth-order valence-electron chi connectivity index (χ4n) is 1.90. The Hall–Kier alpha value is -1.89. The highest BCUT2D eigenvalue weighted by molar-refractivity contribution is 7.16. The number of anilines is 2. The average Bonchev–Trinajstić information content (AvgIpc) is 2.84. The van der Waals surface area contributed by atoms with Gasteiger partial charge in [-0.3, -0.25) is 4.79 Å². The number of aromatic nitrogens is 2. The van der Waals surface area contributed by atoms with Gasteiger partial charge in [-0.15, -0.1) is 11.3 Å². The summed E-state index contributed by atoms with van der Waals surface area (Å²) in [5.74, 6) is 1.31. The lowest BCUT2D eigenvalue weighted by Gasteiger charge is -2.20. The van der Waals surface area contributed by atoms with Gasteiger partial charge in [0.25, 0.3) is 0 Å². The van der Waals surface area contributed by atoms with Crippen LogP contribution < -0.4 is 15.5 Å². The number of carbonyl (C=O) groups excluding carboxylic acids is 1. The van der Waals surface area contributed by atoms with E-state index in [9.17, 15) is 4.79 Å². The van der Waals surface area contributed by atoms with Gasteiger partial charge in [0.15, 0.2) is 0 Å². The van der Waals surface area contributed by atoms with Gasteiger partial charge in [0.05, 0.1) is 11.9 Å². The van der Waals surface area contributed by atoms with Crippen molar-refractivity contribution in [3.63, 3.8) is 0 Å². The van der Waals surface area contributed by atoms with Gasteiger partial charge in [-0.1, -0.05) is 0 Å². The van der Waals surface area contributed by atoms with Crippen LogP contribution in [0.3, 0.4) is 0 Å². The van der Waals surface area contributed by atoms with Crippen molar-refractivity contribution < 1.29 is 4.79 Å². The van der Waals surface area contributed by atoms with E-state index >= 15 is 0 Å². The molecule has 2 N–H and O–H groups in total. The quantitative estimate of drug-likeness (QED) is 0.878. The summed E-state index contributed by atoms with van der Waals surface area (Å²) >= 11 is 1.56. The first-order valence-electron chi connectivity index (χ1n) is 6.44. The minimum atomic E-state index is -0.0181. The molecule has 20 heavy (non-hydrogen) atoms. The number of hydrogen-bond donors (Lipinski definition) is 2. The van der Waals surface area contributed by atoms with Gasteiger partial charge in [-0.25, -0.2) is 4.98 Å². The summed E-state index contributed by atoms with van der Waals surface area (Å²) in [7, 11) is 3.64. The molecule has 0 spiro atoms. The first-order valence-corrected chi connectivity index (χ1v) is 7.32. The van der Waals surface area contributed by atoms with Gasteiger partial charge in [0.1, 0.15) is 10.6 Å². The first-order chi connectivity index (χ1) is 9.51. The normalized spacial score (nSPS) is 10.8. The minimum Gasteiger partial charge on any atom is -0.357 e. The maximum Gasteiger partial charge on any atom is 0.239 e. The molecular weight excluding hydrogens is 274 g/mol. The van der Waals surface area contributed by atoms with Crippen molar-refractivity contribution in [1.82, 2.24) is 15.3 Å². The molecule has 108 valence electrons. The van der Waals surface area contributed by atoms with Gasteiger partial charge in [0.2, 0.25) is 11.9 Å². The molecule has 0 fully saturated rings. The van der Waals surface area contributed by atoms with E-state index in [1.165, 1.54) is 0 Å². The first kappa shape index (κ1) is 14.5. The Bertz CT molecular complexity index is 610. The van der Waals surface area contributed by atoms with Crippen molar-refractivity contribution in [3.8, 4) is 0 Å². The number of fused-ring (bicyclic) bond motifs is 1. The number of nitrogens with zero attached hydrogens (tertiary/aromatic N) is 3. The van der Waals surface area contributed by atoms with Crippen LogP contribution in [-0.4, -0.2) is 42.6 Å². The molecule has 2 aromatic heterocycles. The van der Waals surface area contributed by atoms with Crippen LogP contribution in [0.25, 0.3) is 10.2 Å². The second kappa shape index (κ2) is 6.04. The number of amides is 1. The van der Waals surface area contributed by atoms with E-state index in [-0.39, 0.29) is 18.5 Å². The summed E-state index contributed by atoms with van der Waals surface area (Å²) in [5.41, 5.74) is 0. The monoisotopic (exact) mass is 293 g/mol. The van der Waals surface area contributed by atoms with Crippen LogP contribution >= 0.6 is 11.3 Å². The lowest BCUT2D eigenvalue weighted by molar-refractivity contribution is -0.120. The van der Waals surface area contributed by atoms with Gasteiger partial charge in [0, 0.05) is 20.1 Å². The summed E-state index contributed by atoms with van der Waals surface area (Å²) in [6, 6.07) is 2.11. The highest BCUT2D eigenvalue weighted by Gasteiger charge is 2.15. The zero-order chi connectivity index (χ0) is 14.7. The van der Waals surface area contributed by atoms with Crippen molar-refractivity contribution in [1.29, 1.82) is 0 Å². The highest BCUT2D eigenvalue weighted by Crippen LogP contribution is 2.28. The van der Waals surface area contributed by atoms with Crippen molar-refractivity contribution in [3.05, 3.63) is 11.4 Å². The Morgan fingerprint density at radius 2 is 2.20 bits per heavy atom. The van der Waals surface area contributed by atoms with Gasteiger partial charge in [-0.05, 0) is 25.3 Å². The molecule has 7 heteroatoms. The van der Waals surface area contributed by atoms with Crippen LogP contribution in [0, 0.1) is 0 Å². The smallest absolute Gasteiger partial charge is 0.239 e. The maximum atomic E-state index is 11.9. The minimum absolute atomic E-state index is 0.0181. The number of nitrogens with one attached hydrogen (secondary N) is 2. The van der Waals surface area contributed by atoms with Crippen LogP contribution in [0.15, 0.2) is 11.4 Å². The third-order valence-electron chi connectivity index (χ3n) is 2.72. The fourth-order valence-corrected chi connectivity index (χ4v) is 2.66. The molecular formula is C13H19N5OS. The molecule has 0 aliphatic heterocycles. The molecule has 0 aliphatic carbocycles. The Morgan fingerprint density at radius 3 is 2.85 bits per heavy atom. The average molecular weight is 293 g/mol. The summed E-state index contributed by atoms with van der Waals surface area (Å²) < 4.78 is 0. The van der Waals surface area contributed by atoms with Gasteiger partial charge in [-0.2, -0.15) is 4.98 Å². The van der Waals surface area contributed by atoms with E-state index in [4.69, 9.17) is 0 Å². The second-order valence-electron chi connectivity index (χ2n) is 4.84. The molecule has 0 radical (unpaired) electrons. The summed E-state index contributed by atoms with van der Waals surface area (Å²) in [4.78, 5) is 23.5. The number of rotatable bonds is 5. The van der Waals surface area contributed by atoms with Gasteiger partial charge >= 0.3 is 0 Å². The maximum absolute atomic E-state index is 11.9. The molecule has 0 saturated carbocycles. The topological polar surface area (TPSA) is 70.2 Å². The van der Waals surface area contributed by atoms with Crippen LogP contribution in [-0.2, 0) is 4.79 Å². The van der Waals surface area contributed by atoms with Crippen molar-refractivity contribution >= 4 is 39.2 Å². The van der Waals surface area contributed by atoms with Crippen molar-refractivity contribution in [2.45, 2.75) is 19.9 Å². The zero-order valence-electron chi connectivity index (χ0n) is 12.1.